The molecule has 3 N–H and O–H groups in total. The molecule has 0 aliphatic heterocycles. The molecular formula is C19H16N2O3S. The SMILES string of the molecule is NC(=S)c1cc(=O)c2cccc(NC(=O)CCc3ccccc3)c2o1. The first kappa shape index (κ1) is 16.9. The fraction of sp³-hybridized carbons (Fsp3) is 0.105. The summed E-state index contributed by atoms with van der Waals surface area (Å²) in [6.07, 6.45) is 0.944. The number of nitrogens with one attached hydrogen (secondary N) is 1. The Balaban J connectivity index is 1.84. The van der Waals surface area contributed by atoms with Crippen molar-refractivity contribution < 1.29 is 9.21 Å². The van der Waals surface area contributed by atoms with Crippen LogP contribution < -0.4 is 16.5 Å². The van der Waals surface area contributed by atoms with Gasteiger partial charge in [0.2, 0.25) is 5.91 Å². The van der Waals surface area contributed by atoms with Gasteiger partial charge < -0.3 is 15.5 Å². The molecule has 0 saturated heterocycles. The van der Waals surface area contributed by atoms with E-state index in [4.69, 9.17) is 22.4 Å². The van der Waals surface area contributed by atoms with Gasteiger partial charge in [-0.25, -0.2) is 0 Å². The fourth-order valence-corrected chi connectivity index (χ4v) is 2.61. The molecule has 1 heterocycles. The Hall–Kier alpha value is -2.99. The molecule has 0 bridgehead atoms. The number of thiocarbonyl (C=S) groups is 1. The summed E-state index contributed by atoms with van der Waals surface area (Å²) in [6, 6.07) is 16.0. The van der Waals surface area contributed by atoms with Gasteiger partial charge in [0.05, 0.1) is 11.1 Å². The van der Waals surface area contributed by atoms with Crippen LogP contribution in [0, 0.1) is 0 Å². The zero-order valence-electron chi connectivity index (χ0n) is 13.3. The Bertz CT molecular complexity index is 996. The van der Waals surface area contributed by atoms with Crippen molar-refractivity contribution in [1.29, 1.82) is 0 Å². The number of aryl methyl sites for hydroxylation is 1. The van der Waals surface area contributed by atoms with E-state index >= 15 is 0 Å². The summed E-state index contributed by atoms with van der Waals surface area (Å²) < 4.78 is 5.62. The van der Waals surface area contributed by atoms with Gasteiger partial charge >= 0.3 is 0 Å². The summed E-state index contributed by atoms with van der Waals surface area (Å²) in [5.41, 5.74) is 7.06. The Kier molecular flexibility index (Phi) is 4.90. The van der Waals surface area contributed by atoms with E-state index in [0.29, 0.717) is 23.9 Å². The lowest BCUT2D eigenvalue weighted by molar-refractivity contribution is -0.116. The monoisotopic (exact) mass is 352 g/mol. The van der Waals surface area contributed by atoms with Crippen LogP contribution in [0.15, 0.2) is 63.8 Å². The third-order valence-electron chi connectivity index (χ3n) is 3.76. The number of hydrogen-bond acceptors (Lipinski definition) is 4. The standard InChI is InChI=1S/C19H16N2O3S/c20-19(25)16-11-15(22)13-7-4-8-14(18(13)24-16)21-17(23)10-9-12-5-2-1-3-6-12/h1-8,11H,9-10H2,(H2,20,25)(H,21,23). The number of amides is 1. The molecule has 0 spiro atoms. The van der Waals surface area contributed by atoms with Gasteiger partial charge in [-0.15, -0.1) is 0 Å². The average molecular weight is 352 g/mol. The topological polar surface area (TPSA) is 85.3 Å². The Morgan fingerprint density at radius 2 is 1.88 bits per heavy atom. The summed E-state index contributed by atoms with van der Waals surface area (Å²) in [7, 11) is 0. The van der Waals surface area contributed by atoms with Gasteiger partial charge in [-0.1, -0.05) is 48.6 Å². The van der Waals surface area contributed by atoms with Crippen LogP contribution in [0.5, 0.6) is 0 Å². The molecule has 1 amide bonds. The second-order valence-corrected chi connectivity index (χ2v) is 6.00. The minimum absolute atomic E-state index is 0.00999. The number of rotatable bonds is 5. The van der Waals surface area contributed by atoms with Gasteiger partial charge in [0, 0.05) is 12.5 Å². The minimum Gasteiger partial charge on any atom is -0.451 e. The summed E-state index contributed by atoms with van der Waals surface area (Å²) in [6.45, 7) is 0. The maximum atomic E-state index is 12.3. The maximum Gasteiger partial charge on any atom is 0.224 e. The molecule has 5 nitrogen and oxygen atoms in total. The van der Waals surface area contributed by atoms with Crippen molar-refractivity contribution in [2.24, 2.45) is 5.73 Å². The second-order valence-electron chi connectivity index (χ2n) is 5.56. The molecule has 0 aliphatic carbocycles. The van der Waals surface area contributed by atoms with E-state index in [1.54, 1.807) is 18.2 Å². The van der Waals surface area contributed by atoms with Crippen LogP contribution >= 0.6 is 12.2 Å². The van der Waals surface area contributed by atoms with E-state index in [9.17, 15) is 9.59 Å². The number of benzene rings is 2. The molecule has 0 unspecified atom stereocenters. The van der Waals surface area contributed by atoms with Crippen LogP contribution in [0.1, 0.15) is 17.7 Å². The molecule has 0 atom stereocenters. The van der Waals surface area contributed by atoms with Gasteiger partial charge in [0.25, 0.3) is 0 Å². The molecule has 2 aromatic carbocycles. The van der Waals surface area contributed by atoms with Gasteiger partial charge in [0.15, 0.2) is 16.8 Å². The third kappa shape index (κ3) is 3.92. The van der Waals surface area contributed by atoms with Crippen LogP contribution in [-0.4, -0.2) is 10.9 Å². The Morgan fingerprint density at radius 1 is 1.12 bits per heavy atom. The minimum atomic E-state index is -0.260. The van der Waals surface area contributed by atoms with E-state index in [0.717, 1.165) is 5.56 Å². The van der Waals surface area contributed by atoms with Crippen LogP contribution in [0.4, 0.5) is 5.69 Å². The van der Waals surface area contributed by atoms with E-state index in [1.807, 2.05) is 30.3 Å². The predicted molar refractivity (Wildman–Crippen MR) is 102 cm³/mol. The number of anilines is 1. The number of fused-ring (bicyclic) bond motifs is 1. The average Bonchev–Trinajstić information content (AvgIpc) is 2.61. The highest BCUT2D eigenvalue weighted by Crippen LogP contribution is 2.22. The highest BCUT2D eigenvalue weighted by Gasteiger charge is 2.12. The molecule has 3 rings (SSSR count). The molecule has 126 valence electrons. The number of hydrogen-bond donors (Lipinski definition) is 2. The summed E-state index contributed by atoms with van der Waals surface area (Å²) in [5.74, 6) is -0.0433. The number of carbonyl (C=O) groups is 1. The van der Waals surface area contributed by atoms with Crippen molar-refractivity contribution in [3.8, 4) is 0 Å². The zero-order chi connectivity index (χ0) is 17.8. The number of para-hydroxylation sites is 1. The van der Waals surface area contributed by atoms with Crippen LogP contribution in [0.2, 0.25) is 0 Å². The van der Waals surface area contributed by atoms with Crippen molar-refractivity contribution in [2.45, 2.75) is 12.8 Å². The van der Waals surface area contributed by atoms with Gasteiger partial charge in [-0.05, 0) is 24.1 Å². The molecule has 0 aliphatic rings. The highest BCUT2D eigenvalue weighted by molar-refractivity contribution is 7.80. The van der Waals surface area contributed by atoms with Crippen molar-refractivity contribution in [3.63, 3.8) is 0 Å². The first-order chi connectivity index (χ1) is 12.0. The first-order valence-corrected chi connectivity index (χ1v) is 8.16. The Labute approximate surface area is 149 Å². The van der Waals surface area contributed by atoms with Crippen molar-refractivity contribution in [3.05, 3.63) is 76.1 Å². The molecule has 6 heteroatoms. The maximum absolute atomic E-state index is 12.3. The molecule has 1 aromatic heterocycles. The largest absolute Gasteiger partial charge is 0.451 e. The summed E-state index contributed by atoms with van der Waals surface area (Å²) >= 11 is 4.87. The van der Waals surface area contributed by atoms with Crippen molar-refractivity contribution in [1.82, 2.24) is 0 Å². The second kappa shape index (κ2) is 7.27. The highest BCUT2D eigenvalue weighted by atomic mass is 32.1. The lowest BCUT2D eigenvalue weighted by atomic mass is 10.1. The summed E-state index contributed by atoms with van der Waals surface area (Å²) in [5, 5.41) is 3.15. The van der Waals surface area contributed by atoms with Gasteiger partial charge in [-0.2, -0.15) is 0 Å². The molecule has 3 aromatic rings. The number of nitrogens with two attached hydrogens (primary N) is 1. The van der Waals surface area contributed by atoms with Crippen molar-refractivity contribution in [2.75, 3.05) is 5.32 Å². The summed E-state index contributed by atoms with van der Waals surface area (Å²) in [4.78, 5) is 24.4. The van der Waals surface area contributed by atoms with Crippen LogP contribution in [0.25, 0.3) is 11.0 Å². The van der Waals surface area contributed by atoms with E-state index in [2.05, 4.69) is 5.32 Å². The predicted octanol–water partition coefficient (Wildman–Crippen LogP) is 3.00. The fourth-order valence-electron chi connectivity index (χ4n) is 2.51. The van der Waals surface area contributed by atoms with Crippen LogP contribution in [-0.2, 0) is 11.2 Å². The quantitative estimate of drug-likeness (QED) is 0.690. The van der Waals surface area contributed by atoms with Crippen molar-refractivity contribution >= 4 is 39.8 Å². The first-order valence-electron chi connectivity index (χ1n) is 7.75. The zero-order valence-corrected chi connectivity index (χ0v) is 14.1. The molecule has 0 fully saturated rings. The molecule has 0 radical (unpaired) electrons. The van der Waals surface area contributed by atoms with E-state index < -0.39 is 0 Å². The normalized spacial score (nSPS) is 10.6. The van der Waals surface area contributed by atoms with Crippen LogP contribution in [0.3, 0.4) is 0 Å². The number of carbonyl (C=O) groups excluding carboxylic acids is 1. The molecule has 0 saturated carbocycles. The van der Waals surface area contributed by atoms with Gasteiger partial charge in [-0.3, -0.25) is 9.59 Å². The smallest absolute Gasteiger partial charge is 0.224 e. The van der Waals surface area contributed by atoms with Gasteiger partial charge in [0.1, 0.15) is 4.99 Å². The van der Waals surface area contributed by atoms with E-state index in [1.165, 1.54) is 6.07 Å². The lowest BCUT2D eigenvalue weighted by Crippen LogP contribution is -2.15. The third-order valence-corrected chi connectivity index (χ3v) is 3.96. The molecular weight excluding hydrogens is 336 g/mol. The Morgan fingerprint density at radius 3 is 2.60 bits per heavy atom. The lowest BCUT2D eigenvalue weighted by Gasteiger charge is -2.09. The van der Waals surface area contributed by atoms with E-state index in [-0.39, 0.29) is 27.7 Å². The molecule has 25 heavy (non-hydrogen) atoms.